The van der Waals surface area contributed by atoms with Gasteiger partial charge in [0.05, 0.1) is 11.0 Å². The highest BCUT2D eigenvalue weighted by molar-refractivity contribution is 7.92. The van der Waals surface area contributed by atoms with Gasteiger partial charge in [0, 0.05) is 19.4 Å². The van der Waals surface area contributed by atoms with E-state index in [9.17, 15) is 8.42 Å². The summed E-state index contributed by atoms with van der Waals surface area (Å²) in [6, 6.07) is 8.88. The van der Waals surface area contributed by atoms with Gasteiger partial charge in [0.1, 0.15) is 4.90 Å². The Morgan fingerprint density at radius 3 is 2.74 bits per heavy atom. The summed E-state index contributed by atoms with van der Waals surface area (Å²) in [6.07, 6.45) is 3.21. The van der Waals surface area contributed by atoms with Gasteiger partial charge in [0.25, 0.3) is 10.0 Å². The minimum absolute atomic E-state index is 0.204. The number of anilines is 1. The molecule has 2 aromatic heterocycles. The molecule has 0 unspecified atom stereocenters. The molecule has 0 fully saturated rings. The van der Waals surface area contributed by atoms with Gasteiger partial charge in [-0.3, -0.25) is 0 Å². The van der Waals surface area contributed by atoms with Crippen LogP contribution in [0, 0.1) is 0 Å². The number of imidazole rings is 1. The maximum Gasteiger partial charge on any atom is 0.265 e. The van der Waals surface area contributed by atoms with Gasteiger partial charge in [-0.1, -0.05) is 12.1 Å². The first-order chi connectivity index (χ1) is 9.04. The lowest BCUT2D eigenvalue weighted by molar-refractivity contribution is 0.600. The first kappa shape index (κ1) is 11.8. The van der Waals surface area contributed by atoms with Gasteiger partial charge >= 0.3 is 0 Å². The predicted octanol–water partition coefficient (Wildman–Crippen LogP) is 1.70. The average Bonchev–Trinajstić information content (AvgIpc) is 2.94. The van der Waals surface area contributed by atoms with E-state index in [4.69, 9.17) is 0 Å². The van der Waals surface area contributed by atoms with Crippen LogP contribution in [0.3, 0.4) is 0 Å². The molecule has 3 aromatic rings. The van der Waals surface area contributed by atoms with Crippen LogP contribution in [0.25, 0.3) is 11.0 Å². The van der Waals surface area contributed by atoms with Crippen molar-refractivity contribution in [3.8, 4) is 0 Å². The zero-order valence-electron chi connectivity index (χ0n) is 10.2. The van der Waals surface area contributed by atoms with Crippen molar-refractivity contribution in [1.29, 1.82) is 0 Å². The molecule has 3 rings (SSSR count). The summed E-state index contributed by atoms with van der Waals surface area (Å²) in [7, 11) is -1.84. The van der Waals surface area contributed by atoms with Crippen LogP contribution in [0.5, 0.6) is 0 Å². The fraction of sp³-hybridized carbons (Fsp3) is 0.0833. The molecule has 0 saturated heterocycles. The number of rotatable bonds is 3. The van der Waals surface area contributed by atoms with Gasteiger partial charge < -0.3 is 9.55 Å². The molecule has 0 amide bonds. The molecule has 2 N–H and O–H groups in total. The summed E-state index contributed by atoms with van der Waals surface area (Å²) in [4.78, 5) is 7.30. The van der Waals surface area contributed by atoms with Crippen molar-refractivity contribution in [2.45, 2.75) is 4.90 Å². The molecule has 0 atom stereocenters. The molecular weight excluding hydrogens is 264 g/mol. The molecule has 0 aliphatic rings. The Kier molecular flexibility index (Phi) is 2.56. The highest BCUT2D eigenvalue weighted by Crippen LogP contribution is 2.17. The van der Waals surface area contributed by atoms with Crippen molar-refractivity contribution in [2.24, 2.45) is 7.05 Å². The van der Waals surface area contributed by atoms with Gasteiger partial charge in [0.2, 0.25) is 5.95 Å². The third kappa shape index (κ3) is 2.19. The maximum absolute atomic E-state index is 12.1. The van der Waals surface area contributed by atoms with Crippen molar-refractivity contribution in [3.63, 3.8) is 0 Å². The van der Waals surface area contributed by atoms with Crippen LogP contribution in [0.2, 0.25) is 0 Å². The lowest BCUT2D eigenvalue weighted by Gasteiger charge is -2.02. The van der Waals surface area contributed by atoms with E-state index in [0.29, 0.717) is 5.52 Å². The second kappa shape index (κ2) is 4.13. The van der Waals surface area contributed by atoms with Gasteiger partial charge in [-0.25, -0.2) is 18.1 Å². The number of aryl methyl sites for hydroxylation is 1. The Labute approximate surface area is 110 Å². The molecular formula is C12H12N4O2S. The molecule has 0 saturated carbocycles. The molecule has 0 bridgehead atoms. The Hall–Kier alpha value is -2.28. The van der Waals surface area contributed by atoms with Gasteiger partial charge in [-0.05, 0) is 18.2 Å². The predicted molar refractivity (Wildman–Crippen MR) is 72.3 cm³/mol. The normalized spacial score (nSPS) is 11.8. The summed E-state index contributed by atoms with van der Waals surface area (Å²) in [5.74, 6) is 0.213. The molecule has 0 spiro atoms. The van der Waals surface area contributed by atoms with E-state index < -0.39 is 10.0 Å². The lowest BCUT2D eigenvalue weighted by Crippen LogP contribution is -2.13. The van der Waals surface area contributed by atoms with Crippen LogP contribution in [0.1, 0.15) is 0 Å². The van der Waals surface area contributed by atoms with E-state index in [1.807, 2.05) is 24.3 Å². The topological polar surface area (TPSA) is 79.8 Å². The number of aromatic amines is 1. The molecule has 98 valence electrons. The number of nitrogens with one attached hydrogen (secondary N) is 2. The van der Waals surface area contributed by atoms with Crippen molar-refractivity contribution >= 4 is 27.0 Å². The van der Waals surface area contributed by atoms with Gasteiger partial charge in [0.15, 0.2) is 0 Å². The van der Waals surface area contributed by atoms with E-state index >= 15 is 0 Å². The number of benzene rings is 1. The number of para-hydroxylation sites is 2. The fourth-order valence-electron chi connectivity index (χ4n) is 1.82. The van der Waals surface area contributed by atoms with E-state index in [1.54, 1.807) is 17.8 Å². The number of fused-ring (bicyclic) bond motifs is 1. The van der Waals surface area contributed by atoms with Gasteiger partial charge in [-0.2, -0.15) is 0 Å². The smallest absolute Gasteiger partial charge is 0.265 e. The zero-order valence-corrected chi connectivity index (χ0v) is 11.0. The van der Waals surface area contributed by atoms with Crippen LogP contribution in [0.15, 0.2) is 47.6 Å². The SMILES string of the molecule is Cn1ccc(S(=O)(=O)Nc2nc3ccccc3[nH]2)c1. The minimum atomic E-state index is -3.60. The largest absolute Gasteiger partial charge is 0.356 e. The molecule has 0 aliphatic heterocycles. The zero-order chi connectivity index (χ0) is 13.5. The number of aromatic nitrogens is 3. The third-order valence-electron chi connectivity index (χ3n) is 2.74. The minimum Gasteiger partial charge on any atom is -0.356 e. The summed E-state index contributed by atoms with van der Waals surface area (Å²) >= 11 is 0. The Bertz CT molecular complexity index is 799. The first-order valence-electron chi connectivity index (χ1n) is 5.64. The van der Waals surface area contributed by atoms with Crippen LogP contribution in [-0.4, -0.2) is 23.0 Å². The van der Waals surface area contributed by atoms with Crippen molar-refractivity contribution in [2.75, 3.05) is 4.72 Å². The van der Waals surface area contributed by atoms with E-state index in [1.165, 1.54) is 12.3 Å². The van der Waals surface area contributed by atoms with Crippen LogP contribution in [-0.2, 0) is 17.1 Å². The Morgan fingerprint density at radius 1 is 1.26 bits per heavy atom. The van der Waals surface area contributed by atoms with E-state index in [-0.39, 0.29) is 10.8 Å². The summed E-state index contributed by atoms with van der Waals surface area (Å²) < 4.78 is 28.3. The second-order valence-corrected chi connectivity index (χ2v) is 5.90. The highest BCUT2D eigenvalue weighted by atomic mass is 32.2. The summed E-state index contributed by atoms with van der Waals surface area (Å²) in [5, 5.41) is 0. The van der Waals surface area contributed by atoms with Crippen LogP contribution in [0.4, 0.5) is 5.95 Å². The average molecular weight is 276 g/mol. The van der Waals surface area contributed by atoms with E-state index in [0.717, 1.165) is 5.52 Å². The van der Waals surface area contributed by atoms with Crippen LogP contribution >= 0.6 is 0 Å². The fourth-order valence-corrected chi connectivity index (χ4v) is 2.84. The Morgan fingerprint density at radius 2 is 2.05 bits per heavy atom. The quantitative estimate of drug-likeness (QED) is 0.764. The van der Waals surface area contributed by atoms with Crippen molar-refractivity contribution in [1.82, 2.24) is 14.5 Å². The summed E-state index contributed by atoms with van der Waals surface area (Å²) in [5.41, 5.74) is 1.50. The number of nitrogens with zero attached hydrogens (tertiary/aromatic N) is 2. The molecule has 0 radical (unpaired) electrons. The first-order valence-corrected chi connectivity index (χ1v) is 7.12. The monoisotopic (exact) mass is 276 g/mol. The number of hydrogen-bond donors (Lipinski definition) is 2. The van der Waals surface area contributed by atoms with Gasteiger partial charge in [-0.15, -0.1) is 0 Å². The summed E-state index contributed by atoms with van der Waals surface area (Å²) in [6.45, 7) is 0. The Balaban J connectivity index is 1.96. The standard InChI is InChI=1S/C12H12N4O2S/c1-16-7-6-9(8-16)19(17,18)15-12-13-10-4-2-3-5-11(10)14-12/h2-8H,1H3,(H2,13,14,15). The molecule has 0 aliphatic carbocycles. The second-order valence-electron chi connectivity index (χ2n) is 4.22. The molecule has 19 heavy (non-hydrogen) atoms. The molecule has 6 nitrogen and oxygen atoms in total. The maximum atomic E-state index is 12.1. The van der Waals surface area contributed by atoms with Crippen molar-refractivity contribution in [3.05, 3.63) is 42.7 Å². The molecule has 7 heteroatoms. The molecule has 1 aromatic carbocycles. The highest BCUT2D eigenvalue weighted by Gasteiger charge is 2.17. The number of hydrogen-bond acceptors (Lipinski definition) is 3. The lowest BCUT2D eigenvalue weighted by atomic mass is 10.3. The molecule has 2 heterocycles. The number of sulfonamides is 1. The van der Waals surface area contributed by atoms with Crippen molar-refractivity contribution < 1.29 is 8.42 Å². The third-order valence-corrected chi connectivity index (χ3v) is 4.06. The number of H-pyrrole nitrogens is 1. The van der Waals surface area contributed by atoms with E-state index in [2.05, 4.69) is 14.7 Å². The van der Waals surface area contributed by atoms with Crippen LogP contribution < -0.4 is 4.72 Å².